The van der Waals surface area contributed by atoms with Gasteiger partial charge in [0.05, 0.1) is 5.69 Å². The number of carbonyl (C=O) groups is 2. The highest BCUT2D eigenvalue weighted by molar-refractivity contribution is 7.80. The lowest BCUT2D eigenvalue weighted by atomic mass is 10.3. The van der Waals surface area contributed by atoms with Crippen LogP contribution in [0.4, 0.5) is 0 Å². The second-order valence-electron chi connectivity index (χ2n) is 3.53. The molecule has 0 spiro atoms. The Kier molecular flexibility index (Phi) is 3.33. The van der Waals surface area contributed by atoms with Crippen LogP contribution in [0.2, 0.25) is 0 Å². The van der Waals surface area contributed by atoms with Crippen molar-refractivity contribution in [1.82, 2.24) is 15.2 Å². The van der Waals surface area contributed by atoms with Gasteiger partial charge in [-0.15, -0.1) is 0 Å². The van der Waals surface area contributed by atoms with Crippen LogP contribution in [0.15, 0.2) is 30.1 Å². The van der Waals surface area contributed by atoms with Crippen molar-refractivity contribution in [2.75, 3.05) is 6.54 Å². The summed E-state index contributed by atoms with van der Waals surface area (Å²) in [6, 6.07) is 5.27. The molecular formula is C11H9N3O3S. The summed E-state index contributed by atoms with van der Waals surface area (Å²) in [5.41, 5.74) is 0.813. The number of thiocarbonyl (C=S) groups is 1. The van der Waals surface area contributed by atoms with Crippen molar-refractivity contribution >= 4 is 35.3 Å². The average Bonchev–Trinajstić information content (AvgIpc) is 2.58. The second kappa shape index (κ2) is 4.92. The first-order chi connectivity index (χ1) is 8.58. The Labute approximate surface area is 108 Å². The molecule has 1 saturated heterocycles. The Hall–Kier alpha value is -2.28. The van der Waals surface area contributed by atoms with E-state index >= 15 is 0 Å². The molecule has 1 amide bonds. The molecule has 0 bridgehead atoms. The maximum atomic E-state index is 11.9. The van der Waals surface area contributed by atoms with Gasteiger partial charge in [-0.05, 0) is 30.4 Å². The van der Waals surface area contributed by atoms with E-state index in [1.54, 1.807) is 24.4 Å². The molecule has 2 rings (SSSR count). The molecule has 6 nitrogen and oxygen atoms in total. The molecule has 92 valence electrons. The molecule has 1 aliphatic heterocycles. The quantitative estimate of drug-likeness (QED) is 0.600. The molecule has 18 heavy (non-hydrogen) atoms. The summed E-state index contributed by atoms with van der Waals surface area (Å²) in [6.45, 7) is -0.454. The molecule has 0 saturated carbocycles. The number of aromatic nitrogens is 1. The molecule has 1 aromatic heterocycles. The van der Waals surface area contributed by atoms with Crippen LogP contribution in [-0.4, -0.2) is 38.5 Å². The number of carbonyl (C=O) groups excluding carboxylic acids is 1. The maximum absolute atomic E-state index is 11.9. The maximum Gasteiger partial charge on any atom is 0.323 e. The van der Waals surface area contributed by atoms with Gasteiger partial charge in [0.1, 0.15) is 12.2 Å². The SMILES string of the molecule is O=C(O)CN1C(=O)/C(=C/c2ccccn2)NC1=S. The standard InChI is InChI=1S/C11H9N3O3S/c15-9(16)6-14-10(17)8(13-11(14)18)5-7-3-1-2-4-12-7/h1-5H,6H2,(H,13,18)(H,15,16)/b8-5-. The predicted octanol–water partition coefficient (Wildman–Crippen LogP) is 0.224. The highest BCUT2D eigenvalue weighted by atomic mass is 32.1. The van der Waals surface area contributed by atoms with E-state index in [0.29, 0.717) is 5.69 Å². The van der Waals surface area contributed by atoms with E-state index in [1.165, 1.54) is 6.08 Å². The van der Waals surface area contributed by atoms with Crippen molar-refractivity contribution in [3.8, 4) is 0 Å². The molecule has 0 aromatic carbocycles. The summed E-state index contributed by atoms with van der Waals surface area (Å²) in [7, 11) is 0. The highest BCUT2D eigenvalue weighted by Crippen LogP contribution is 2.12. The molecular weight excluding hydrogens is 254 g/mol. The molecule has 1 aromatic rings. The first-order valence-corrected chi connectivity index (χ1v) is 5.46. The monoisotopic (exact) mass is 263 g/mol. The van der Waals surface area contributed by atoms with Crippen LogP contribution in [0.25, 0.3) is 6.08 Å². The topological polar surface area (TPSA) is 82.5 Å². The van der Waals surface area contributed by atoms with Gasteiger partial charge in [-0.1, -0.05) is 6.07 Å². The van der Waals surface area contributed by atoms with Gasteiger partial charge in [0, 0.05) is 6.20 Å². The summed E-state index contributed by atoms with van der Waals surface area (Å²) in [4.78, 5) is 27.5. The molecule has 2 N–H and O–H groups in total. The largest absolute Gasteiger partial charge is 0.480 e. The van der Waals surface area contributed by atoms with Gasteiger partial charge in [-0.25, -0.2) is 0 Å². The van der Waals surface area contributed by atoms with Crippen molar-refractivity contribution in [2.45, 2.75) is 0 Å². The Bertz CT molecular complexity index is 542. The fourth-order valence-electron chi connectivity index (χ4n) is 1.46. The lowest BCUT2D eigenvalue weighted by Gasteiger charge is -2.09. The minimum absolute atomic E-state index is 0.0876. The summed E-state index contributed by atoms with van der Waals surface area (Å²) < 4.78 is 0. The Morgan fingerprint density at radius 3 is 2.94 bits per heavy atom. The van der Waals surface area contributed by atoms with Gasteiger partial charge in [-0.2, -0.15) is 0 Å². The van der Waals surface area contributed by atoms with Crippen LogP contribution in [0.1, 0.15) is 5.69 Å². The molecule has 1 aliphatic rings. The number of nitrogens with one attached hydrogen (secondary N) is 1. The second-order valence-corrected chi connectivity index (χ2v) is 3.91. The van der Waals surface area contributed by atoms with Gasteiger partial charge in [0.2, 0.25) is 0 Å². The van der Waals surface area contributed by atoms with Crippen LogP contribution < -0.4 is 5.32 Å². The van der Waals surface area contributed by atoms with E-state index in [0.717, 1.165) is 4.90 Å². The van der Waals surface area contributed by atoms with Crippen LogP contribution in [0.5, 0.6) is 0 Å². The van der Waals surface area contributed by atoms with Crippen molar-refractivity contribution < 1.29 is 14.7 Å². The fraction of sp³-hybridized carbons (Fsp3) is 0.0909. The van der Waals surface area contributed by atoms with E-state index in [1.807, 2.05) is 0 Å². The summed E-state index contributed by atoms with van der Waals surface area (Å²) in [6.07, 6.45) is 3.12. The van der Waals surface area contributed by atoms with Crippen LogP contribution in [0, 0.1) is 0 Å². The van der Waals surface area contributed by atoms with Gasteiger partial charge >= 0.3 is 5.97 Å². The first-order valence-electron chi connectivity index (χ1n) is 5.05. The van der Waals surface area contributed by atoms with E-state index in [2.05, 4.69) is 10.3 Å². The Morgan fingerprint density at radius 1 is 1.56 bits per heavy atom. The summed E-state index contributed by atoms with van der Waals surface area (Å²) >= 11 is 4.90. The zero-order valence-electron chi connectivity index (χ0n) is 9.16. The smallest absolute Gasteiger partial charge is 0.323 e. The van der Waals surface area contributed by atoms with Crippen LogP contribution in [0.3, 0.4) is 0 Å². The third-order valence-corrected chi connectivity index (χ3v) is 2.56. The van der Waals surface area contributed by atoms with Crippen molar-refractivity contribution in [3.05, 3.63) is 35.8 Å². The van der Waals surface area contributed by atoms with Crippen LogP contribution in [-0.2, 0) is 9.59 Å². The van der Waals surface area contributed by atoms with E-state index in [-0.39, 0.29) is 10.8 Å². The minimum Gasteiger partial charge on any atom is -0.480 e. The number of hydrogen-bond acceptors (Lipinski definition) is 4. The van der Waals surface area contributed by atoms with E-state index < -0.39 is 18.4 Å². The zero-order chi connectivity index (χ0) is 13.1. The van der Waals surface area contributed by atoms with Crippen molar-refractivity contribution in [1.29, 1.82) is 0 Å². The lowest BCUT2D eigenvalue weighted by Crippen LogP contribution is -2.35. The molecule has 7 heteroatoms. The van der Waals surface area contributed by atoms with E-state index in [4.69, 9.17) is 17.3 Å². The molecule has 0 atom stereocenters. The number of hydrogen-bond donors (Lipinski definition) is 2. The number of amides is 1. The number of pyridine rings is 1. The number of nitrogens with zero attached hydrogens (tertiary/aromatic N) is 2. The molecule has 0 radical (unpaired) electrons. The Morgan fingerprint density at radius 2 is 2.33 bits per heavy atom. The summed E-state index contributed by atoms with van der Waals surface area (Å²) in [5.74, 6) is -1.58. The zero-order valence-corrected chi connectivity index (χ0v) is 9.98. The average molecular weight is 263 g/mol. The normalized spacial score (nSPS) is 17.1. The van der Waals surface area contributed by atoms with Crippen molar-refractivity contribution in [3.63, 3.8) is 0 Å². The lowest BCUT2D eigenvalue weighted by molar-refractivity contribution is -0.140. The number of rotatable bonds is 3. The molecule has 0 unspecified atom stereocenters. The van der Waals surface area contributed by atoms with Crippen LogP contribution >= 0.6 is 12.2 Å². The molecule has 0 aliphatic carbocycles. The first kappa shape index (κ1) is 12.2. The minimum atomic E-state index is -1.12. The number of carboxylic acid groups (broad SMARTS) is 1. The molecule has 1 fully saturated rings. The van der Waals surface area contributed by atoms with Gasteiger partial charge < -0.3 is 10.4 Å². The molecule has 2 heterocycles. The van der Waals surface area contributed by atoms with Gasteiger partial charge in [-0.3, -0.25) is 19.5 Å². The summed E-state index contributed by atoms with van der Waals surface area (Å²) in [5, 5.41) is 11.4. The fourth-order valence-corrected chi connectivity index (χ4v) is 1.72. The highest BCUT2D eigenvalue weighted by Gasteiger charge is 2.31. The third-order valence-electron chi connectivity index (χ3n) is 2.24. The van der Waals surface area contributed by atoms with Gasteiger partial charge in [0.25, 0.3) is 5.91 Å². The third kappa shape index (κ3) is 2.51. The Balaban J connectivity index is 2.23. The number of aliphatic carboxylic acids is 1. The van der Waals surface area contributed by atoms with Crippen molar-refractivity contribution in [2.24, 2.45) is 0 Å². The van der Waals surface area contributed by atoms with E-state index in [9.17, 15) is 9.59 Å². The number of carboxylic acids is 1. The van der Waals surface area contributed by atoms with Gasteiger partial charge in [0.15, 0.2) is 5.11 Å². The predicted molar refractivity (Wildman–Crippen MR) is 67.3 cm³/mol.